The van der Waals surface area contributed by atoms with E-state index in [-0.39, 0.29) is 20.9 Å². The van der Waals surface area contributed by atoms with E-state index in [1.54, 1.807) is 0 Å². The van der Waals surface area contributed by atoms with E-state index in [1.807, 2.05) is 0 Å². The maximum atomic E-state index is 7.01. The van der Waals surface area contributed by atoms with Crippen LogP contribution in [0.3, 0.4) is 0 Å². The molecular formula is C22H44O2Si. The summed E-state index contributed by atoms with van der Waals surface area (Å²) in [5, 5.41) is 0.452. The fourth-order valence-electron chi connectivity index (χ4n) is 6.56. The van der Waals surface area contributed by atoms with E-state index >= 15 is 0 Å². The largest absolute Gasteiger partial charge is 0.394 e. The van der Waals surface area contributed by atoms with Crippen molar-refractivity contribution in [1.29, 1.82) is 0 Å². The summed E-state index contributed by atoms with van der Waals surface area (Å²) >= 11 is 0. The molecule has 0 amide bonds. The van der Waals surface area contributed by atoms with Gasteiger partial charge in [0.1, 0.15) is 0 Å². The molecular weight excluding hydrogens is 324 g/mol. The Kier molecular flexibility index (Phi) is 6.24. The molecule has 0 radical (unpaired) electrons. The van der Waals surface area contributed by atoms with E-state index in [0.29, 0.717) is 0 Å². The van der Waals surface area contributed by atoms with Crippen LogP contribution in [0.25, 0.3) is 0 Å². The molecule has 0 atom stereocenters. The van der Waals surface area contributed by atoms with Gasteiger partial charge in [0.25, 0.3) is 0 Å². The zero-order chi connectivity index (χ0) is 19.0. The van der Waals surface area contributed by atoms with Gasteiger partial charge >= 0.3 is 8.56 Å². The third kappa shape index (κ3) is 3.06. The number of hydrogen-bond acceptors (Lipinski definition) is 2. The SMILES string of the molecule is CCO[Si](OCC)(C1(C(C)(C)C)CCCC1)C1(C(C)(C)C)CCCC1. The van der Waals surface area contributed by atoms with E-state index < -0.39 is 8.56 Å². The second-order valence-corrected chi connectivity index (χ2v) is 14.3. The molecule has 0 saturated heterocycles. The number of hydrogen-bond donors (Lipinski definition) is 0. The highest BCUT2D eigenvalue weighted by Gasteiger charge is 2.75. The van der Waals surface area contributed by atoms with Crippen LogP contribution in [0.4, 0.5) is 0 Å². The van der Waals surface area contributed by atoms with Crippen molar-refractivity contribution >= 4 is 8.56 Å². The molecule has 0 spiro atoms. The quantitative estimate of drug-likeness (QED) is 0.461. The Balaban J connectivity index is 2.77. The topological polar surface area (TPSA) is 18.5 Å². The van der Waals surface area contributed by atoms with Gasteiger partial charge in [-0.2, -0.15) is 0 Å². The van der Waals surface area contributed by atoms with Gasteiger partial charge in [-0.1, -0.05) is 67.2 Å². The second kappa shape index (κ2) is 7.28. The van der Waals surface area contributed by atoms with Gasteiger partial charge in [-0.05, 0) is 50.4 Å². The van der Waals surface area contributed by atoms with Gasteiger partial charge in [0.05, 0.1) is 0 Å². The Morgan fingerprint density at radius 3 is 1.12 bits per heavy atom. The van der Waals surface area contributed by atoms with Crippen LogP contribution in [0, 0.1) is 10.8 Å². The highest BCUT2D eigenvalue weighted by Crippen LogP contribution is 2.75. The van der Waals surface area contributed by atoms with Crippen LogP contribution in [0.15, 0.2) is 0 Å². The Morgan fingerprint density at radius 2 is 0.920 bits per heavy atom. The van der Waals surface area contributed by atoms with Gasteiger partial charge in [0.2, 0.25) is 0 Å². The molecule has 2 nitrogen and oxygen atoms in total. The summed E-state index contributed by atoms with van der Waals surface area (Å²) in [5.74, 6) is 0. The van der Waals surface area contributed by atoms with Crippen molar-refractivity contribution in [3.8, 4) is 0 Å². The van der Waals surface area contributed by atoms with Crippen molar-refractivity contribution in [1.82, 2.24) is 0 Å². The van der Waals surface area contributed by atoms with Gasteiger partial charge < -0.3 is 8.85 Å². The molecule has 0 aliphatic heterocycles. The van der Waals surface area contributed by atoms with E-state index in [0.717, 1.165) is 13.2 Å². The Labute approximate surface area is 158 Å². The Hall–Kier alpha value is 0.137. The zero-order valence-corrected chi connectivity index (χ0v) is 19.4. The molecule has 25 heavy (non-hydrogen) atoms. The summed E-state index contributed by atoms with van der Waals surface area (Å²) in [6.45, 7) is 20.7. The minimum atomic E-state index is -2.50. The average molecular weight is 369 g/mol. The molecule has 2 rings (SSSR count). The first-order valence-corrected chi connectivity index (χ1v) is 12.6. The molecule has 2 saturated carbocycles. The monoisotopic (exact) mass is 368 g/mol. The van der Waals surface area contributed by atoms with E-state index in [2.05, 4.69) is 55.4 Å². The van der Waals surface area contributed by atoms with Crippen molar-refractivity contribution < 1.29 is 8.85 Å². The smallest absolute Gasteiger partial charge is 0.352 e. The minimum Gasteiger partial charge on any atom is -0.394 e. The highest BCUT2D eigenvalue weighted by atomic mass is 28.4. The molecule has 2 aliphatic carbocycles. The normalized spacial score (nSPS) is 24.0. The first-order valence-electron chi connectivity index (χ1n) is 10.8. The zero-order valence-electron chi connectivity index (χ0n) is 18.4. The van der Waals surface area contributed by atoms with Crippen molar-refractivity contribution in [2.75, 3.05) is 13.2 Å². The summed E-state index contributed by atoms with van der Waals surface area (Å²) in [5.41, 5.74) is 0.446. The predicted molar refractivity (Wildman–Crippen MR) is 110 cm³/mol. The van der Waals surface area contributed by atoms with Crippen LogP contribution in [0.2, 0.25) is 10.1 Å². The molecule has 148 valence electrons. The minimum absolute atomic E-state index is 0.223. The van der Waals surface area contributed by atoms with Crippen molar-refractivity contribution in [2.45, 2.75) is 117 Å². The predicted octanol–water partition coefficient (Wildman–Crippen LogP) is 7.22. The van der Waals surface area contributed by atoms with Crippen LogP contribution < -0.4 is 0 Å². The standard InChI is InChI=1S/C22H44O2Si/c1-9-23-25(24-10-2,21(19(3,4)5)15-11-12-16-21)22(20(6,7)8)17-13-14-18-22/h9-18H2,1-8H3. The molecule has 0 heterocycles. The van der Waals surface area contributed by atoms with Gasteiger partial charge in [0.15, 0.2) is 0 Å². The summed E-state index contributed by atoms with van der Waals surface area (Å²) in [6, 6.07) is 0. The molecule has 0 aromatic heterocycles. The van der Waals surface area contributed by atoms with Crippen LogP contribution in [-0.4, -0.2) is 21.8 Å². The molecule has 0 N–H and O–H groups in total. The third-order valence-corrected chi connectivity index (χ3v) is 14.2. The maximum Gasteiger partial charge on any atom is 0.352 e. The van der Waals surface area contributed by atoms with Crippen molar-refractivity contribution in [3.63, 3.8) is 0 Å². The van der Waals surface area contributed by atoms with E-state index in [1.165, 1.54) is 51.4 Å². The lowest BCUT2D eigenvalue weighted by Gasteiger charge is -2.62. The van der Waals surface area contributed by atoms with E-state index in [4.69, 9.17) is 8.85 Å². The summed E-state index contributed by atoms with van der Waals surface area (Å²) < 4.78 is 14.0. The highest BCUT2D eigenvalue weighted by molar-refractivity contribution is 6.74. The lowest BCUT2D eigenvalue weighted by Crippen LogP contribution is -2.67. The molecule has 0 aromatic rings. The summed E-state index contributed by atoms with van der Waals surface area (Å²) in [6.07, 6.45) is 10.5. The lowest BCUT2D eigenvalue weighted by atomic mass is 9.77. The van der Waals surface area contributed by atoms with Gasteiger partial charge in [-0.3, -0.25) is 0 Å². The maximum absolute atomic E-state index is 7.01. The molecule has 0 bridgehead atoms. The van der Waals surface area contributed by atoms with Crippen molar-refractivity contribution in [3.05, 3.63) is 0 Å². The van der Waals surface area contributed by atoms with Crippen LogP contribution in [0.5, 0.6) is 0 Å². The summed E-state index contributed by atoms with van der Waals surface area (Å²) in [4.78, 5) is 0. The number of rotatable bonds is 6. The van der Waals surface area contributed by atoms with Crippen molar-refractivity contribution in [2.24, 2.45) is 10.8 Å². The van der Waals surface area contributed by atoms with Gasteiger partial charge in [0, 0.05) is 23.3 Å². The van der Waals surface area contributed by atoms with Crippen LogP contribution in [-0.2, 0) is 8.85 Å². The average Bonchev–Trinajstić information content (AvgIpc) is 3.16. The van der Waals surface area contributed by atoms with Gasteiger partial charge in [-0.15, -0.1) is 0 Å². The fraction of sp³-hybridized carbons (Fsp3) is 1.00. The first kappa shape index (κ1) is 21.4. The molecule has 0 unspecified atom stereocenters. The lowest BCUT2D eigenvalue weighted by molar-refractivity contribution is 0.0538. The second-order valence-electron chi connectivity index (χ2n) is 10.6. The van der Waals surface area contributed by atoms with E-state index in [9.17, 15) is 0 Å². The fourth-order valence-corrected chi connectivity index (χ4v) is 13.5. The molecule has 3 heteroatoms. The van der Waals surface area contributed by atoms with Crippen LogP contribution >= 0.6 is 0 Å². The molecule has 2 aliphatic rings. The Morgan fingerprint density at radius 1 is 0.640 bits per heavy atom. The first-order chi connectivity index (χ1) is 11.5. The van der Waals surface area contributed by atoms with Gasteiger partial charge in [-0.25, -0.2) is 0 Å². The Bertz CT molecular complexity index is 390. The summed E-state index contributed by atoms with van der Waals surface area (Å²) in [7, 11) is -2.50. The molecule has 2 fully saturated rings. The third-order valence-electron chi connectivity index (χ3n) is 7.74. The molecule has 0 aromatic carbocycles. The van der Waals surface area contributed by atoms with Crippen LogP contribution in [0.1, 0.15) is 107 Å².